The minimum atomic E-state index is -1.17. The number of nitrogens with zero attached hydrogens (tertiary/aromatic N) is 1. The van der Waals surface area contributed by atoms with Crippen LogP contribution in [0.3, 0.4) is 0 Å². The Labute approximate surface area is 172 Å². The smallest absolute Gasteiger partial charge is 0.325 e. The second kappa shape index (κ2) is 9.23. The lowest BCUT2D eigenvalue weighted by molar-refractivity contribution is -0.141. The molecule has 2 aromatic heterocycles. The Hall–Kier alpha value is -3.66. The van der Waals surface area contributed by atoms with E-state index < -0.39 is 35.9 Å². The Balaban J connectivity index is 1.77. The van der Waals surface area contributed by atoms with Crippen molar-refractivity contribution in [2.75, 3.05) is 0 Å². The number of benzene rings is 1. The Morgan fingerprint density at radius 2 is 1.90 bits per heavy atom. The van der Waals surface area contributed by atoms with Crippen LogP contribution in [0.15, 0.2) is 43.0 Å². The van der Waals surface area contributed by atoms with Crippen molar-refractivity contribution in [2.45, 2.75) is 37.9 Å². The zero-order chi connectivity index (χ0) is 21.7. The lowest BCUT2D eigenvalue weighted by Crippen LogP contribution is -2.55. The predicted octanol–water partition coefficient (Wildman–Crippen LogP) is 0.0776. The number of para-hydroxylation sites is 1. The number of aliphatic carboxylic acids is 1. The number of carboxylic acids is 1. The number of H-pyrrole nitrogens is 2. The third-order valence-corrected chi connectivity index (χ3v) is 4.79. The van der Waals surface area contributed by atoms with Gasteiger partial charge in [-0.3, -0.25) is 14.4 Å². The van der Waals surface area contributed by atoms with Crippen LogP contribution in [-0.2, 0) is 27.2 Å². The average molecular weight is 412 g/mol. The molecule has 7 N–H and O–H groups in total. The highest BCUT2D eigenvalue weighted by Gasteiger charge is 2.27. The first-order valence-electron chi connectivity index (χ1n) is 9.46. The second-order valence-electron chi connectivity index (χ2n) is 7.08. The van der Waals surface area contributed by atoms with Crippen LogP contribution >= 0.6 is 0 Å². The fourth-order valence-electron chi connectivity index (χ4n) is 3.11. The second-order valence-corrected chi connectivity index (χ2v) is 7.08. The number of carbonyl (C=O) groups excluding carboxylic acids is 2. The van der Waals surface area contributed by atoms with Crippen molar-refractivity contribution in [3.8, 4) is 0 Å². The maximum atomic E-state index is 12.7. The fraction of sp³-hybridized carbons (Fsp3) is 0.300. The number of hydrogen-bond acceptors (Lipinski definition) is 5. The molecule has 0 fully saturated rings. The van der Waals surface area contributed by atoms with E-state index in [0.717, 1.165) is 16.5 Å². The van der Waals surface area contributed by atoms with Crippen molar-refractivity contribution in [3.05, 3.63) is 54.2 Å². The number of imidazole rings is 1. The molecule has 158 valence electrons. The lowest BCUT2D eigenvalue weighted by Gasteiger charge is -2.21. The van der Waals surface area contributed by atoms with Gasteiger partial charge in [0.2, 0.25) is 11.8 Å². The number of fused-ring (bicyclic) bond motifs is 1. The van der Waals surface area contributed by atoms with Crippen LogP contribution in [0.1, 0.15) is 18.2 Å². The summed E-state index contributed by atoms with van der Waals surface area (Å²) in [5.41, 5.74) is 8.38. The van der Waals surface area contributed by atoms with E-state index in [4.69, 9.17) is 10.8 Å². The van der Waals surface area contributed by atoms with Crippen LogP contribution in [0.2, 0.25) is 0 Å². The summed E-state index contributed by atoms with van der Waals surface area (Å²) < 4.78 is 0. The molecular formula is C20H24N6O4. The maximum Gasteiger partial charge on any atom is 0.325 e. The summed E-state index contributed by atoms with van der Waals surface area (Å²) in [5.74, 6) is -2.29. The molecule has 30 heavy (non-hydrogen) atoms. The monoisotopic (exact) mass is 412 g/mol. The zero-order valence-corrected chi connectivity index (χ0v) is 16.4. The van der Waals surface area contributed by atoms with Crippen LogP contribution in [0.5, 0.6) is 0 Å². The van der Waals surface area contributed by atoms with E-state index in [1.165, 1.54) is 13.3 Å². The topological polar surface area (TPSA) is 166 Å². The quantitative estimate of drug-likeness (QED) is 0.291. The van der Waals surface area contributed by atoms with Crippen LogP contribution in [0, 0.1) is 0 Å². The van der Waals surface area contributed by atoms with E-state index >= 15 is 0 Å². The predicted molar refractivity (Wildman–Crippen MR) is 109 cm³/mol. The molecule has 0 saturated heterocycles. The van der Waals surface area contributed by atoms with Crippen LogP contribution in [-0.4, -0.2) is 56.0 Å². The fourth-order valence-corrected chi connectivity index (χ4v) is 3.11. The molecule has 0 radical (unpaired) electrons. The van der Waals surface area contributed by atoms with Crippen molar-refractivity contribution >= 4 is 28.7 Å². The van der Waals surface area contributed by atoms with Gasteiger partial charge in [0.25, 0.3) is 0 Å². The molecule has 2 amide bonds. The highest BCUT2D eigenvalue weighted by molar-refractivity contribution is 5.92. The van der Waals surface area contributed by atoms with Crippen molar-refractivity contribution in [1.29, 1.82) is 0 Å². The van der Waals surface area contributed by atoms with Gasteiger partial charge in [0.05, 0.1) is 12.4 Å². The highest BCUT2D eigenvalue weighted by Crippen LogP contribution is 2.19. The molecular weight excluding hydrogens is 388 g/mol. The molecule has 0 aliphatic rings. The number of aromatic nitrogens is 3. The standard InChI is InChI=1S/C20H24N6O4/c1-11(20(29)30)25-19(28)17(6-12-8-23-16-5-3-2-4-14(12)16)26-18(27)15(21)7-13-9-22-10-24-13/h2-5,8-11,15,17,23H,6-7,21H2,1H3,(H,22,24)(H,25,28)(H,26,27)(H,29,30)/t11-,15-,17-/m0/s1. The first-order chi connectivity index (χ1) is 14.3. The number of carboxylic acid groups (broad SMARTS) is 1. The van der Waals surface area contributed by atoms with Gasteiger partial charge in [0, 0.05) is 41.8 Å². The average Bonchev–Trinajstić information content (AvgIpc) is 3.37. The Morgan fingerprint density at radius 1 is 1.13 bits per heavy atom. The van der Waals surface area contributed by atoms with Gasteiger partial charge in [-0.05, 0) is 18.6 Å². The maximum absolute atomic E-state index is 12.7. The summed E-state index contributed by atoms with van der Waals surface area (Å²) in [6, 6.07) is 4.57. The van der Waals surface area contributed by atoms with Crippen molar-refractivity contribution in [3.63, 3.8) is 0 Å². The summed E-state index contributed by atoms with van der Waals surface area (Å²) in [4.78, 5) is 46.4. The molecule has 0 aliphatic heterocycles. The van der Waals surface area contributed by atoms with Gasteiger partial charge in [-0.25, -0.2) is 4.98 Å². The number of hydrogen-bond donors (Lipinski definition) is 6. The van der Waals surface area contributed by atoms with Gasteiger partial charge in [0.1, 0.15) is 12.1 Å². The van der Waals surface area contributed by atoms with Gasteiger partial charge in [0.15, 0.2) is 0 Å². The molecule has 1 aromatic carbocycles. The Bertz CT molecular complexity index is 1030. The molecule has 0 aliphatic carbocycles. The van der Waals surface area contributed by atoms with Crippen LogP contribution < -0.4 is 16.4 Å². The lowest BCUT2D eigenvalue weighted by atomic mass is 10.0. The minimum Gasteiger partial charge on any atom is -0.480 e. The normalized spacial score (nSPS) is 14.1. The van der Waals surface area contributed by atoms with Gasteiger partial charge < -0.3 is 31.4 Å². The van der Waals surface area contributed by atoms with Crippen LogP contribution in [0.4, 0.5) is 0 Å². The molecule has 10 heteroatoms. The van der Waals surface area contributed by atoms with E-state index in [1.807, 2.05) is 24.3 Å². The molecule has 3 rings (SSSR count). The number of amides is 2. The number of aromatic amines is 2. The number of rotatable bonds is 9. The van der Waals surface area contributed by atoms with Crippen molar-refractivity contribution in [1.82, 2.24) is 25.6 Å². The Kier molecular flexibility index (Phi) is 6.48. The Morgan fingerprint density at radius 3 is 2.60 bits per heavy atom. The SMILES string of the molecule is C[C@H](NC(=O)[C@H](Cc1c[nH]c2ccccc12)NC(=O)[C@@H](N)Cc1cnc[nH]1)C(=O)O. The first kappa shape index (κ1) is 21.1. The van der Waals surface area contributed by atoms with E-state index in [-0.39, 0.29) is 12.8 Å². The largest absolute Gasteiger partial charge is 0.480 e. The molecule has 2 heterocycles. The highest BCUT2D eigenvalue weighted by atomic mass is 16.4. The van der Waals surface area contributed by atoms with Gasteiger partial charge in [-0.2, -0.15) is 0 Å². The number of nitrogens with one attached hydrogen (secondary N) is 4. The third kappa shape index (κ3) is 5.03. The van der Waals surface area contributed by atoms with Gasteiger partial charge in [-0.1, -0.05) is 18.2 Å². The molecule has 3 atom stereocenters. The van der Waals surface area contributed by atoms with Crippen molar-refractivity contribution in [2.24, 2.45) is 5.73 Å². The first-order valence-corrected chi connectivity index (χ1v) is 9.46. The molecule has 0 saturated carbocycles. The van der Waals surface area contributed by atoms with E-state index in [9.17, 15) is 14.4 Å². The van der Waals surface area contributed by atoms with Gasteiger partial charge >= 0.3 is 5.97 Å². The summed E-state index contributed by atoms with van der Waals surface area (Å²) in [6.45, 7) is 1.36. The van der Waals surface area contributed by atoms with Gasteiger partial charge in [-0.15, -0.1) is 0 Å². The summed E-state index contributed by atoms with van der Waals surface area (Å²) in [6.07, 6.45) is 5.21. The number of carbonyl (C=O) groups is 3. The molecule has 3 aromatic rings. The minimum absolute atomic E-state index is 0.171. The number of nitrogens with two attached hydrogens (primary N) is 1. The third-order valence-electron chi connectivity index (χ3n) is 4.79. The molecule has 0 spiro atoms. The van der Waals surface area contributed by atoms with E-state index in [2.05, 4.69) is 25.6 Å². The van der Waals surface area contributed by atoms with E-state index in [1.54, 1.807) is 12.4 Å². The summed E-state index contributed by atoms with van der Waals surface area (Å²) in [5, 5.41) is 15.1. The van der Waals surface area contributed by atoms with Crippen LogP contribution in [0.25, 0.3) is 10.9 Å². The van der Waals surface area contributed by atoms with E-state index in [0.29, 0.717) is 5.69 Å². The van der Waals surface area contributed by atoms with Crippen molar-refractivity contribution < 1.29 is 19.5 Å². The summed E-state index contributed by atoms with van der Waals surface area (Å²) >= 11 is 0. The zero-order valence-electron chi connectivity index (χ0n) is 16.4. The molecule has 0 unspecified atom stereocenters. The molecule has 0 bridgehead atoms. The molecule has 10 nitrogen and oxygen atoms in total. The summed E-state index contributed by atoms with van der Waals surface area (Å²) in [7, 11) is 0.